The van der Waals surface area contributed by atoms with E-state index in [4.69, 9.17) is 30.9 Å². The van der Waals surface area contributed by atoms with Crippen molar-refractivity contribution in [3.8, 4) is 5.75 Å². The van der Waals surface area contributed by atoms with Gasteiger partial charge in [-0.15, -0.1) is 0 Å². The van der Waals surface area contributed by atoms with Crippen LogP contribution in [0.1, 0.15) is 21.5 Å². The molecule has 0 aromatic heterocycles. The van der Waals surface area contributed by atoms with Crippen LogP contribution in [0.15, 0.2) is 71.6 Å². The number of carbonyl (C=O) groups is 1. The Labute approximate surface area is 203 Å². The van der Waals surface area contributed by atoms with E-state index >= 15 is 0 Å². The Hall–Kier alpha value is -3.11. The number of rotatable bonds is 12. The van der Waals surface area contributed by atoms with E-state index in [1.54, 1.807) is 49.6 Å². The van der Waals surface area contributed by atoms with Crippen LogP contribution in [0.25, 0.3) is 0 Å². The molecule has 0 amide bonds. The van der Waals surface area contributed by atoms with Gasteiger partial charge in [-0.1, -0.05) is 41.9 Å². The lowest BCUT2D eigenvalue weighted by Crippen LogP contribution is -2.16. The summed E-state index contributed by atoms with van der Waals surface area (Å²) in [6.45, 7) is 0.930. The fourth-order valence-electron chi connectivity index (χ4n) is 3.02. The van der Waals surface area contributed by atoms with Gasteiger partial charge in [0.05, 0.1) is 36.0 Å². The maximum atomic E-state index is 13.2. The minimum Gasteiger partial charge on any atom is -0.487 e. The van der Waals surface area contributed by atoms with Crippen molar-refractivity contribution in [3.05, 3.63) is 88.4 Å². The molecule has 34 heavy (non-hydrogen) atoms. The molecule has 3 rings (SSSR count). The first kappa shape index (κ1) is 25.5. The topological polar surface area (TPSA) is 111 Å². The summed E-state index contributed by atoms with van der Waals surface area (Å²) in [5, 5.41) is 9.34. The van der Waals surface area contributed by atoms with Crippen molar-refractivity contribution >= 4 is 33.3 Å². The highest BCUT2D eigenvalue weighted by Gasteiger charge is 2.20. The van der Waals surface area contributed by atoms with Gasteiger partial charge in [0.1, 0.15) is 12.4 Å². The number of halogens is 1. The third-order valence-corrected chi connectivity index (χ3v) is 6.43. The maximum Gasteiger partial charge on any atom is 0.335 e. The van der Waals surface area contributed by atoms with Crippen molar-refractivity contribution < 1.29 is 32.5 Å². The minimum absolute atomic E-state index is 0.0719. The number of carboxylic acids is 1. The Morgan fingerprint density at radius 1 is 1.00 bits per heavy atom. The highest BCUT2D eigenvalue weighted by Crippen LogP contribution is 2.31. The predicted molar refractivity (Wildman–Crippen MR) is 128 cm³/mol. The summed E-state index contributed by atoms with van der Waals surface area (Å²) in [4.78, 5) is 11.1. The molecule has 180 valence electrons. The molecular formula is C24H24ClNO7S. The van der Waals surface area contributed by atoms with Crippen LogP contribution < -0.4 is 9.46 Å². The van der Waals surface area contributed by atoms with Gasteiger partial charge in [-0.3, -0.25) is 4.72 Å². The Kier molecular flexibility index (Phi) is 8.89. The van der Waals surface area contributed by atoms with E-state index in [1.807, 2.05) is 0 Å². The average Bonchev–Trinajstić information content (AvgIpc) is 2.81. The second-order valence-electron chi connectivity index (χ2n) is 7.19. The zero-order chi connectivity index (χ0) is 24.6. The number of hydrogen-bond donors (Lipinski definition) is 2. The van der Waals surface area contributed by atoms with E-state index in [9.17, 15) is 13.2 Å². The first-order valence-corrected chi connectivity index (χ1v) is 12.1. The van der Waals surface area contributed by atoms with Crippen LogP contribution in [-0.2, 0) is 32.7 Å². The molecule has 0 saturated carbocycles. The number of sulfonamides is 1. The van der Waals surface area contributed by atoms with Gasteiger partial charge in [0.15, 0.2) is 0 Å². The molecule has 0 aliphatic rings. The maximum absolute atomic E-state index is 13.2. The molecule has 0 aliphatic carbocycles. The van der Waals surface area contributed by atoms with E-state index in [2.05, 4.69) is 4.72 Å². The van der Waals surface area contributed by atoms with Gasteiger partial charge in [-0.2, -0.15) is 0 Å². The Morgan fingerprint density at radius 2 is 1.74 bits per heavy atom. The average molecular weight is 506 g/mol. The van der Waals surface area contributed by atoms with Crippen LogP contribution in [0.4, 0.5) is 5.69 Å². The van der Waals surface area contributed by atoms with Gasteiger partial charge in [0.25, 0.3) is 10.0 Å². The monoisotopic (exact) mass is 505 g/mol. The van der Waals surface area contributed by atoms with Crippen molar-refractivity contribution in [3.63, 3.8) is 0 Å². The lowest BCUT2D eigenvalue weighted by molar-refractivity contribution is 0.0607. The van der Waals surface area contributed by atoms with Gasteiger partial charge in [0.2, 0.25) is 0 Å². The molecule has 8 nitrogen and oxygen atoms in total. The largest absolute Gasteiger partial charge is 0.487 e. The summed E-state index contributed by atoms with van der Waals surface area (Å²) in [6.07, 6.45) is 0. The fraction of sp³-hybridized carbons (Fsp3) is 0.208. The molecule has 0 unspecified atom stereocenters. The van der Waals surface area contributed by atoms with Gasteiger partial charge >= 0.3 is 5.97 Å². The van der Waals surface area contributed by atoms with E-state index < -0.39 is 16.0 Å². The third kappa shape index (κ3) is 6.94. The third-order valence-electron chi connectivity index (χ3n) is 4.73. The molecule has 3 aromatic carbocycles. The molecule has 0 radical (unpaired) electrons. The molecule has 10 heteroatoms. The first-order valence-electron chi connectivity index (χ1n) is 10.2. The molecule has 0 heterocycles. The van der Waals surface area contributed by atoms with Crippen molar-refractivity contribution in [2.45, 2.75) is 18.1 Å². The van der Waals surface area contributed by atoms with Gasteiger partial charge in [0, 0.05) is 12.1 Å². The number of anilines is 1. The molecule has 3 aromatic rings. The highest BCUT2D eigenvalue weighted by atomic mass is 35.5. The summed E-state index contributed by atoms with van der Waals surface area (Å²) in [5.74, 6) is -0.754. The predicted octanol–water partition coefficient (Wildman–Crippen LogP) is 4.58. The van der Waals surface area contributed by atoms with Crippen LogP contribution in [-0.4, -0.2) is 39.8 Å². The second kappa shape index (κ2) is 11.8. The minimum atomic E-state index is -3.99. The standard InChI is InChI=1S/C24H24ClNO7S/c1-31-12-13-32-16-19-4-2-3-5-23(19)34(29,30)26-21-14-20(25)10-11-22(21)33-15-17-6-8-18(9-7-17)24(27)28/h2-11,14,26H,12-13,15-16H2,1H3,(H,27,28). The molecule has 0 atom stereocenters. The molecule has 0 aliphatic heterocycles. The van der Waals surface area contributed by atoms with Crippen LogP contribution in [0.2, 0.25) is 5.02 Å². The molecule has 0 spiro atoms. The lowest BCUT2D eigenvalue weighted by Gasteiger charge is -2.16. The molecule has 0 saturated heterocycles. The Morgan fingerprint density at radius 3 is 2.44 bits per heavy atom. The molecule has 0 fully saturated rings. The number of aromatic carboxylic acids is 1. The first-order chi connectivity index (χ1) is 16.3. The summed E-state index contributed by atoms with van der Waals surface area (Å²) in [7, 11) is -2.43. The van der Waals surface area contributed by atoms with Gasteiger partial charge < -0.3 is 19.3 Å². The smallest absolute Gasteiger partial charge is 0.335 e. The van der Waals surface area contributed by atoms with Gasteiger partial charge in [-0.25, -0.2) is 13.2 Å². The van der Waals surface area contributed by atoms with E-state index in [-0.39, 0.29) is 35.1 Å². The summed E-state index contributed by atoms with van der Waals surface area (Å²) in [6, 6.07) is 17.3. The molecular weight excluding hydrogens is 482 g/mol. The van der Waals surface area contributed by atoms with E-state index in [0.717, 1.165) is 0 Å². The molecule has 2 N–H and O–H groups in total. The number of benzene rings is 3. The molecule has 0 bridgehead atoms. The quantitative estimate of drug-likeness (QED) is 0.346. The highest BCUT2D eigenvalue weighted by molar-refractivity contribution is 7.92. The van der Waals surface area contributed by atoms with Crippen molar-refractivity contribution in [1.29, 1.82) is 0 Å². The van der Waals surface area contributed by atoms with Crippen LogP contribution >= 0.6 is 11.6 Å². The number of nitrogens with one attached hydrogen (secondary N) is 1. The van der Waals surface area contributed by atoms with Gasteiger partial charge in [-0.05, 0) is 47.5 Å². The van der Waals surface area contributed by atoms with E-state index in [1.165, 1.54) is 24.3 Å². The van der Waals surface area contributed by atoms with Crippen molar-refractivity contribution in [2.24, 2.45) is 0 Å². The number of ether oxygens (including phenoxy) is 3. The lowest BCUT2D eigenvalue weighted by atomic mass is 10.1. The zero-order valence-electron chi connectivity index (χ0n) is 18.4. The van der Waals surface area contributed by atoms with Crippen LogP contribution in [0, 0.1) is 0 Å². The zero-order valence-corrected chi connectivity index (χ0v) is 19.9. The van der Waals surface area contributed by atoms with Crippen LogP contribution in [0.5, 0.6) is 5.75 Å². The summed E-state index contributed by atoms with van der Waals surface area (Å²) < 4.78 is 45.2. The van der Waals surface area contributed by atoms with Crippen LogP contribution in [0.3, 0.4) is 0 Å². The fourth-order valence-corrected chi connectivity index (χ4v) is 4.48. The number of methoxy groups -OCH3 is 1. The van der Waals surface area contributed by atoms with Crippen molar-refractivity contribution in [1.82, 2.24) is 0 Å². The van der Waals surface area contributed by atoms with E-state index in [0.29, 0.717) is 29.4 Å². The Balaban J connectivity index is 1.78. The number of carboxylic acid groups (broad SMARTS) is 1. The van der Waals surface area contributed by atoms with Crippen molar-refractivity contribution in [2.75, 3.05) is 25.0 Å². The Bertz CT molecular complexity index is 1230. The SMILES string of the molecule is COCCOCc1ccccc1S(=O)(=O)Nc1cc(Cl)ccc1OCc1ccc(C(=O)O)cc1. The summed E-state index contributed by atoms with van der Waals surface area (Å²) >= 11 is 6.11. The number of hydrogen-bond acceptors (Lipinski definition) is 6. The second-order valence-corrected chi connectivity index (χ2v) is 9.28. The normalized spacial score (nSPS) is 11.2. The summed E-state index contributed by atoms with van der Waals surface area (Å²) in [5.41, 5.74) is 1.54.